The number of hydrazone groups is 1. The van der Waals surface area contributed by atoms with E-state index in [1.54, 1.807) is 10.7 Å². The van der Waals surface area contributed by atoms with Gasteiger partial charge in [0.25, 0.3) is 5.91 Å². The van der Waals surface area contributed by atoms with Gasteiger partial charge in [-0.1, -0.05) is 30.3 Å². The molecule has 1 N–H and O–H groups in total. The molecule has 1 aliphatic heterocycles. The van der Waals surface area contributed by atoms with Crippen LogP contribution < -0.4 is 5.43 Å². The Balaban J connectivity index is 2.03. The third kappa shape index (κ3) is 1.79. The summed E-state index contributed by atoms with van der Waals surface area (Å²) in [5.74, 6) is -0.221. The lowest BCUT2D eigenvalue weighted by molar-refractivity contribution is 0.0947. The maximum Gasteiger partial charge on any atom is 0.289 e. The number of carbonyl (C=O) groups is 1. The number of nitrogens with zero attached hydrogens (tertiary/aromatic N) is 3. The smallest absolute Gasteiger partial charge is 0.266 e. The summed E-state index contributed by atoms with van der Waals surface area (Å²) >= 11 is 0. The van der Waals surface area contributed by atoms with E-state index in [0.29, 0.717) is 12.2 Å². The fraction of sp³-hybridized carbons (Fsp3) is 0.154. The normalized spacial score (nSPS) is 14.5. The van der Waals surface area contributed by atoms with Crippen LogP contribution in [0.2, 0.25) is 0 Å². The van der Waals surface area contributed by atoms with E-state index in [4.69, 9.17) is 0 Å². The van der Waals surface area contributed by atoms with Crippen molar-refractivity contribution in [2.75, 3.05) is 0 Å². The van der Waals surface area contributed by atoms with Crippen LogP contribution in [0.1, 0.15) is 21.7 Å². The summed E-state index contributed by atoms with van der Waals surface area (Å²) < 4.78 is 1.68. The molecule has 2 heterocycles. The van der Waals surface area contributed by atoms with Crippen LogP contribution in [-0.2, 0) is 6.54 Å². The molecule has 0 radical (unpaired) electrons. The number of nitrogens with one attached hydrogen (secondary N) is 1. The number of carbonyl (C=O) groups excluding carboxylic acids is 1. The zero-order chi connectivity index (χ0) is 12.5. The average molecular weight is 240 g/mol. The fourth-order valence-corrected chi connectivity index (χ4v) is 1.99. The molecule has 90 valence electrons. The molecule has 18 heavy (non-hydrogen) atoms. The Morgan fingerprint density at radius 1 is 1.28 bits per heavy atom. The van der Waals surface area contributed by atoms with Gasteiger partial charge in [-0.25, -0.2) is 5.43 Å². The minimum absolute atomic E-state index is 0.221. The van der Waals surface area contributed by atoms with Crippen LogP contribution in [0, 0.1) is 6.92 Å². The highest BCUT2D eigenvalue weighted by Crippen LogP contribution is 2.10. The highest BCUT2D eigenvalue weighted by atomic mass is 16.2. The Kier molecular flexibility index (Phi) is 2.44. The van der Waals surface area contributed by atoms with Crippen molar-refractivity contribution in [3.05, 3.63) is 53.3 Å². The number of hydrogen-bond acceptors (Lipinski definition) is 3. The van der Waals surface area contributed by atoms with Gasteiger partial charge < -0.3 is 0 Å². The van der Waals surface area contributed by atoms with Gasteiger partial charge in [0.2, 0.25) is 0 Å². The van der Waals surface area contributed by atoms with Crippen molar-refractivity contribution in [2.45, 2.75) is 13.5 Å². The summed E-state index contributed by atoms with van der Waals surface area (Å²) in [6.07, 6.45) is 0. The Bertz CT molecular complexity index is 628. The number of aromatic nitrogens is 2. The largest absolute Gasteiger partial charge is 0.289 e. The maximum atomic E-state index is 11.8. The minimum atomic E-state index is -0.221. The Morgan fingerprint density at radius 3 is 2.83 bits per heavy atom. The molecular weight excluding hydrogens is 228 g/mol. The molecule has 0 aliphatic carbocycles. The lowest BCUT2D eigenvalue weighted by atomic mass is 10.1. The lowest BCUT2D eigenvalue weighted by Gasteiger charge is -2.04. The topological polar surface area (TPSA) is 59.3 Å². The molecule has 3 rings (SSSR count). The molecule has 5 nitrogen and oxygen atoms in total. The zero-order valence-electron chi connectivity index (χ0n) is 9.92. The first-order valence-electron chi connectivity index (χ1n) is 5.71. The zero-order valence-corrected chi connectivity index (χ0v) is 9.92. The van der Waals surface area contributed by atoms with Crippen LogP contribution in [0.3, 0.4) is 0 Å². The molecule has 0 atom stereocenters. The third-order valence-corrected chi connectivity index (χ3v) is 2.83. The molecule has 5 heteroatoms. The van der Waals surface area contributed by atoms with Gasteiger partial charge in [-0.2, -0.15) is 10.2 Å². The molecule has 0 saturated heterocycles. The van der Waals surface area contributed by atoms with Crippen molar-refractivity contribution < 1.29 is 4.79 Å². The number of rotatable bonds is 1. The second kappa shape index (κ2) is 4.10. The molecule has 0 fully saturated rings. The molecule has 1 aromatic heterocycles. The Hall–Kier alpha value is -2.43. The first kappa shape index (κ1) is 10.7. The number of fused-ring (bicyclic) bond motifs is 1. The van der Waals surface area contributed by atoms with E-state index in [-0.39, 0.29) is 5.91 Å². The quantitative estimate of drug-likeness (QED) is 0.817. The molecule has 0 bridgehead atoms. The van der Waals surface area contributed by atoms with Crippen LogP contribution in [0.15, 0.2) is 41.5 Å². The van der Waals surface area contributed by atoms with Crippen molar-refractivity contribution in [1.29, 1.82) is 0 Å². The average Bonchev–Trinajstić information content (AvgIpc) is 2.69. The fourth-order valence-electron chi connectivity index (χ4n) is 1.99. The standard InChI is InChI=1S/C13H12N4O/c1-9-7-12-13(18)15-14-11(8-17(12)16-9)10-5-3-2-4-6-10/h2-7H,8H2,1H3,(H,15,18). The van der Waals surface area contributed by atoms with Gasteiger partial charge in [-0.3, -0.25) is 9.48 Å². The molecule has 0 saturated carbocycles. The number of amides is 1. The van der Waals surface area contributed by atoms with Crippen molar-refractivity contribution in [3.8, 4) is 0 Å². The maximum absolute atomic E-state index is 11.8. The van der Waals surface area contributed by atoms with Crippen LogP contribution in [0.5, 0.6) is 0 Å². The highest BCUT2D eigenvalue weighted by Gasteiger charge is 2.19. The van der Waals surface area contributed by atoms with Crippen LogP contribution >= 0.6 is 0 Å². The van der Waals surface area contributed by atoms with Gasteiger partial charge in [-0.15, -0.1) is 0 Å². The number of benzene rings is 1. The summed E-state index contributed by atoms with van der Waals surface area (Å²) in [5, 5.41) is 8.46. The first-order chi connectivity index (χ1) is 8.74. The highest BCUT2D eigenvalue weighted by molar-refractivity contribution is 6.03. The van der Waals surface area contributed by atoms with Gasteiger partial charge in [0.1, 0.15) is 5.69 Å². The van der Waals surface area contributed by atoms with E-state index in [0.717, 1.165) is 17.0 Å². The van der Waals surface area contributed by atoms with Crippen LogP contribution in [0.25, 0.3) is 0 Å². The van der Waals surface area contributed by atoms with E-state index < -0.39 is 0 Å². The molecule has 1 aromatic carbocycles. The summed E-state index contributed by atoms with van der Waals surface area (Å²) in [6.45, 7) is 2.36. The SMILES string of the molecule is Cc1cc2n(n1)CC(c1ccccc1)=NNC2=O. The second-order valence-electron chi connectivity index (χ2n) is 4.19. The monoisotopic (exact) mass is 240 g/mol. The molecule has 1 amide bonds. The van der Waals surface area contributed by atoms with Gasteiger partial charge in [0.15, 0.2) is 0 Å². The van der Waals surface area contributed by atoms with E-state index in [9.17, 15) is 4.79 Å². The van der Waals surface area contributed by atoms with Crippen molar-refractivity contribution in [1.82, 2.24) is 15.2 Å². The van der Waals surface area contributed by atoms with Crippen LogP contribution in [0.4, 0.5) is 0 Å². The van der Waals surface area contributed by atoms with Crippen molar-refractivity contribution >= 4 is 11.6 Å². The molecule has 0 unspecified atom stereocenters. The Labute approximate surface area is 104 Å². The second-order valence-corrected chi connectivity index (χ2v) is 4.19. The summed E-state index contributed by atoms with van der Waals surface area (Å²) in [7, 11) is 0. The number of aryl methyl sites for hydroxylation is 1. The predicted molar refractivity (Wildman–Crippen MR) is 67.4 cm³/mol. The van der Waals surface area contributed by atoms with Gasteiger partial charge >= 0.3 is 0 Å². The minimum Gasteiger partial charge on any atom is -0.266 e. The van der Waals surface area contributed by atoms with Gasteiger partial charge in [0, 0.05) is 0 Å². The van der Waals surface area contributed by atoms with Crippen LogP contribution in [-0.4, -0.2) is 21.4 Å². The first-order valence-corrected chi connectivity index (χ1v) is 5.71. The van der Waals surface area contributed by atoms with E-state index in [1.807, 2.05) is 37.3 Å². The number of hydrogen-bond donors (Lipinski definition) is 1. The van der Waals surface area contributed by atoms with Gasteiger partial charge in [-0.05, 0) is 18.6 Å². The molecule has 1 aliphatic rings. The predicted octanol–water partition coefficient (Wildman–Crippen LogP) is 1.34. The van der Waals surface area contributed by atoms with E-state index in [1.165, 1.54) is 0 Å². The molecule has 0 spiro atoms. The summed E-state index contributed by atoms with van der Waals surface area (Å²) in [5.41, 5.74) is 5.70. The molecule has 2 aromatic rings. The van der Waals surface area contributed by atoms with Crippen molar-refractivity contribution in [2.24, 2.45) is 5.10 Å². The summed E-state index contributed by atoms with van der Waals surface area (Å²) in [4.78, 5) is 11.8. The van der Waals surface area contributed by atoms with E-state index in [2.05, 4.69) is 15.6 Å². The molecular formula is C13H12N4O. The van der Waals surface area contributed by atoms with Gasteiger partial charge in [0.05, 0.1) is 18.0 Å². The lowest BCUT2D eigenvalue weighted by Crippen LogP contribution is -2.18. The third-order valence-electron chi connectivity index (χ3n) is 2.83. The van der Waals surface area contributed by atoms with E-state index >= 15 is 0 Å². The van der Waals surface area contributed by atoms with Crippen molar-refractivity contribution in [3.63, 3.8) is 0 Å². The summed E-state index contributed by atoms with van der Waals surface area (Å²) in [6, 6.07) is 11.5. The Morgan fingerprint density at radius 2 is 2.06 bits per heavy atom.